The highest BCUT2D eigenvalue weighted by Gasteiger charge is 2.42. The molecular formula is C9H19Cl3Si2. The van der Waals surface area contributed by atoms with Crippen LogP contribution in [-0.4, -0.2) is 14.1 Å². The lowest BCUT2D eigenvalue weighted by atomic mass is 10.3. The van der Waals surface area contributed by atoms with Crippen LogP contribution in [0.4, 0.5) is 0 Å². The van der Waals surface area contributed by atoms with Gasteiger partial charge in [-0.05, 0) is 30.2 Å². The molecule has 0 radical (unpaired) electrons. The number of hydrogen-bond donors (Lipinski definition) is 0. The smallest absolute Gasteiger partial charge is 0.167 e. The quantitative estimate of drug-likeness (QED) is 0.374. The fourth-order valence-electron chi connectivity index (χ4n) is 2.01. The lowest BCUT2D eigenvalue weighted by Gasteiger charge is -2.33. The van der Waals surface area contributed by atoms with Gasteiger partial charge < -0.3 is 0 Å². The summed E-state index contributed by atoms with van der Waals surface area (Å²) in [6.07, 6.45) is 3.92. The van der Waals surface area contributed by atoms with Crippen molar-refractivity contribution in [3.05, 3.63) is 0 Å². The van der Waals surface area contributed by atoms with Crippen LogP contribution in [0, 0.1) is 0 Å². The minimum absolute atomic E-state index is 1.04. The highest BCUT2D eigenvalue weighted by molar-refractivity contribution is 7.46. The van der Waals surface area contributed by atoms with Gasteiger partial charge in [-0.25, -0.2) is 0 Å². The third-order valence-corrected chi connectivity index (χ3v) is 13.6. The Morgan fingerprint density at radius 3 is 2.00 bits per heavy atom. The summed E-state index contributed by atoms with van der Waals surface area (Å²) in [7, 11) is -1.42. The van der Waals surface area contributed by atoms with Gasteiger partial charge in [0.15, 0.2) is 7.38 Å². The Bertz CT molecular complexity index is 175. The van der Waals surface area contributed by atoms with Crippen LogP contribution in [0.1, 0.15) is 26.2 Å². The van der Waals surface area contributed by atoms with E-state index < -0.39 is 14.1 Å². The third-order valence-electron chi connectivity index (χ3n) is 3.11. The molecule has 84 valence electrons. The van der Waals surface area contributed by atoms with E-state index in [0.29, 0.717) is 0 Å². The van der Waals surface area contributed by atoms with Gasteiger partial charge >= 0.3 is 0 Å². The molecule has 0 aromatic heterocycles. The van der Waals surface area contributed by atoms with E-state index in [0.717, 1.165) is 24.2 Å². The summed E-state index contributed by atoms with van der Waals surface area (Å²) in [4.78, 5) is 0. The summed E-state index contributed by atoms with van der Waals surface area (Å²) >= 11 is 19.1. The Balaban J connectivity index is 2.30. The molecule has 0 atom stereocenters. The van der Waals surface area contributed by atoms with Gasteiger partial charge in [0, 0.05) is 0 Å². The lowest BCUT2D eigenvalue weighted by Crippen LogP contribution is -2.37. The average Bonchev–Trinajstić information content (AvgIpc) is 2.12. The van der Waals surface area contributed by atoms with E-state index in [-0.39, 0.29) is 0 Å². The number of hydrogen-bond acceptors (Lipinski definition) is 0. The molecule has 0 aliphatic carbocycles. The molecule has 0 N–H and O–H groups in total. The van der Waals surface area contributed by atoms with Gasteiger partial charge in [-0.2, -0.15) is 11.1 Å². The molecule has 1 fully saturated rings. The molecule has 0 nitrogen and oxygen atoms in total. The second-order valence-electron chi connectivity index (χ2n) is 4.46. The zero-order chi connectivity index (χ0) is 10.7. The van der Waals surface area contributed by atoms with Gasteiger partial charge in [-0.1, -0.05) is 26.2 Å². The molecule has 14 heavy (non-hydrogen) atoms. The van der Waals surface area contributed by atoms with Crippen LogP contribution < -0.4 is 0 Å². The monoisotopic (exact) mass is 288 g/mol. The van der Waals surface area contributed by atoms with Crippen LogP contribution >= 0.6 is 33.2 Å². The average molecular weight is 290 g/mol. The molecule has 0 unspecified atom stereocenters. The van der Waals surface area contributed by atoms with Crippen molar-refractivity contribution >= 4 is 47.3 Å². The Morgan fingerprint density at radius 1 is 0.929 bits per heavy atom. The molecule has 1 aliphatic heterocycles. The fourth-order valence-corrected chi connectivity index (χ4v) is 15.9. The van der Waals surface area contributed by atoms with Gasteiger partial charge in [0.1, 0.15) is 0 Å². The van der Waals surface area contributed by atoms with Crippen molar-refractivity contribution in [2.75, 3.05) is 0 Å². The van der Waals surface area contributed by atoms with Gasteiger partial charge in [0.25, 0.3) is 6.69 Å². The standard InChI is InChI=1S/C9H19Cl3Si2/c1-2-3-4-5-13(10)6-8-14(11,12)9-7-13/h2-9H2,1H3. The maximum absolute atomic E-state index is 6.68. The van der Waals surface area contributed by atoms with Crippen LogP contribution in [0.5, 0.6) is 0 Å². The number of rotatable bonds is 4. The fraction of sp³-hybridized carbons (Fsp3) is 1.00. The van der Waals surface area contributed by atoms with Crippen molar-refractivity contribution in [3.63, 3.8) is 0 Å². The second-order valence-corrected chi connectivity index (χ2v) is 18.3. The molecule has 5 heteroatoms. The maximum Gasteiger partial charge on any atom is 0.250 e. The molecule has 1 rings (SSSR count). The topological polar surface area (TPSA) is 0 Å². The molecule has 0 aromatic carbocycles. The first-order valence-corrected chi connectivity index (χ1v) is 13.6. The molecule has 1 aliphatic rings. The van der Waals surface area contributed by atoms with Gasteiger partial charge in [0.05, 0.1) is 0 Å². The highest BCUT2D eigenvalue weighted by atomic mass is 35.7. The normalized spacial score (nSPS) is 24.9. The molecule has 0 amide bonds. The maximum atomic E-state index is 6.68. The largest absolute Gasteiger partial charge is 0.250 e. The van der Waals surface area contributed by atoms with E-state index in [2.05, 4.69) is 6.92 Å². The van der Waals surface area contributed by atoms with E-state index in [1.165, 1.54) is 25.3 Å². The summed E-state index contributed by atoms with van der Waals surface area (Å²) in [5.74, 6) is 0. The molecule has 0 saturated carbocycles. The molecular weight excluding hydrogens is 271 g/mol. The molecule has 0 bridgehead atoms. The van der Waals surface area contributed by atoms with E-state index in [1.807, 2.05) is 0 Å². The molecule has 0 spiro atoms. The van der Waals surface area contributed by atoms with Crippen LogP contribution in [0.25, 0.3) is 0 Å². The number of unbranched alkanes of at least 4 members (excludes halogenated alkanes) is 2. The van der Waals surface area contributed by atoms with E-state index in [1.54, 1.807) is 0 Å². The van der Waals surface area contributed by atoms with E-state index in [4.69, 9.17) is 33.2 Å². The first-order chi connectivity index (χ1) is 6.47. The highest BCUT2D eigenvalue weighted by Crippen LogP contribution is 2.44. The van der Waals surface area contributed by atoms with Crippen molar-refractivity contribution in [1.82, 2.24) is 0 Å². The van der Waals surface area contributed by atoms with Crippen LogP contribution in [-0.2, 0) is 0 Å². The van der Waals surface area contributed by atoms with Crippen molar-refractivity contribution in [1.29, 1.82) is 0 Å². The van der Waals surface area contributed by atoms with Crippen LogP contribution in [0.3, 0.4) is 0 Å². The minimum Gasteiger partial charge on any atom is -0.167 e. The predicted octanol–water partition coefficient (Wildman–Crippen LogP) is 5.29. The summed E-state index contributed by atoms with van der Waals surface area (Å²) in [5.41, 5.74) is 0. The van der Waals surface area contributed by atoms with E-state index >= 15 is 0 Å². The number of halogens is 3. The molecule has 1 heterocycles. The van der Waals surface area contributed by atoms with Crippen molar-refractivity contribution in [3.8, 4) is 0 Å². The SMILES string of the molecule is CCCCC[Si]1(Cl)CC[Si](Cl)(Cl)CC1. The summed E-state index contributed by atoms with van der Waals surface area (Å²) in [6.45, 7) is 0.403. The van der Waals surface area contributed by atoms with Crippen LogP contribution in [0.15, 0.2) is 0 Å². The minimum atomic E-state index is -1.83. The Morgan fingerprint density at radius 2 is 1.50 bits per heavy atom. The lowest BCUT2D eigenvalue weighted by molar-refractivity contribution is 0.761. The van der Waals surface area contributed by atoms with E-state index in [9.17, 15) is 0 Å². The first kappa shape index (κ1) is 13.4. The summed E-state index contributed by atoms with van der Waals surface area (Å²) in [6, 6.07) is 5.69. The van der Waals surface area contributed by atoms with Gasteiger partial charge in [0.2, 0.25) is 0 Å². The molecule has 0 aromatic rings. The first-order valence-electron chi connectivity index (χ1n) is 5.54. The zero-order valence-corrected chi connectivity index (χ0v) is 13.1. The van der Waals surface area contributed by atoms with Gasteiger partial charge in [-0.15, -0.1) is 22.2 Å². The predicted molar refractivity (Wildman–Crippen MR) is 72.6 cm³/mol. The van der Waals surface area contributed by atoms with Gasteiger partial charge in [-0.3, -0.25) is 0 Å². The summed E-state index contributed by atoms with van der Waals surface area (Å²) in [5, 5.41) is 0. The summed E-state index contributed by atoms with van der Waals surface area (Å²) < 4.78 is 0. The Labute approximate surface area is 103 Å². The second kappa shape index (κ2) is 5.58. The van der Waals surface area contributed by atoms with Crippen molar-refractivity contribution in [2.45, 2.75) is 56.4 Å². The zero-order valence-electron chi connectivity index (χ0n) is 8.79. The van der Waals surface area contributed by atoms with Crippen molar-refractivity contribution in [2.24, 2.45) is 0 Å². The Hall–Kier alpha value is 1.30. The molecule has 1 saturated heterocycles. The Kier molecular flexibility index (Phi) is 5.33. The van der Waals surface area contributed by atoms with Crippen LogP contribution in [0.2, 0.25) is 30.2 Å². The third kappa shape index (κ3) is 4.44. The van der Waals surface area contributed by atoms with Crippen molar-refractivity contribution < 1.29 is 0 Å².